The second kappa shape index (κ2) is 13.3. The summed E-state index contributed by atoms with van der Waals surface area (Å²) < 4.78 is 17.1. The third-order valence-electron chi connectivity index (χ3n) is 4.95. The number of carbonyl (C=O) groups is 2. The summed E-state index contributed by atoms with van der Waals surface area (Å²) in [5.74, 6) is -0.104. The lowest BCUT2D eigenvalue weighted by Gasteiger charge is -2.14. The van der Waals surface area contributed by atoms with Crippen LogP contribution in [0.3, 0.4) is 0 Å². The quantitative estimate of drug-likeness (QED) is 0.117. The van der Waals surface area contributed by atoms with Crippen LogP contribution in [-0.2, 0) is 16.1 Å². The second-order valence-corrected chi connectivity index (χ2v) is 9.47. The molecule has 0 heterocycles. The normalized spacial score (nSPS) is 10.9. The van der Waals surface area contributed by atoms with Crippen LogP contribution < -0.4 is 14.8 Å². The van der Waals surface area contributed by atoms with Gasteiger partial charge in [-0.05, 0) is 95.2 Å². The Morgan fingerprint density at radius 2 is 1.81 bits per heavy atom. The highest BCUT2D eigenvalue weighted by atomic mass is 127. The van der Waals surface area contributed by atoms with E-state index in [1.54, 1.807) is 43.3 Å². The molecule has 0 spiro atoms. The number of hydrogen-bond acceptors (Lipinski definition) is 6. The molecule has 0 aliphatic rings. The van der Waals surface area contributed by atoms with Crippen molar-refractivity contribution in [1.82, 2.24) is 0 Å². The topological polar surface area (TPSA) is 97.7 Å². The van der Waals surface area contributed by atoms with Crippen molar-refractivity contribution < 1.29 is 23.8 Å². The predicted octanol–water partition coefficient (Wildman–Crippen LogP) is 6.91. The van der Waals surface area contributed by atoms with E-state index in [9.17, 15) is 14.9 Å². The number of rotatable bonds is 9. The molecule has 0 fully saturated rings. The molecule has 0 aliphatic heterocycles. The summed E-state index contributed by atoms with van der Waals surface area (Å²) in [5.41, 5.74) is 2.08. The van der Waals surface area contributed by atoms with Gasteiger partial charge in [-0.2, -0.15) is 5.26 Å². The smallest absolute Gasteiger partial charge is 0.338 e. The van der Waals surface area contributed by atoms with Crippen molar-refractivity contribution in [3.05, 3.63) is 90.5 Å². The molecule has 1 amide bonds. The molecule has 0 unspecified atom stereocenters. The summed E-state index contributed by atoms with van der Waals surface area (Å²) in [6.07, 6.45) is 1.45. The van der Waals surface area contributed by atoms with Gasteiger partial charge in [-0.1, -0.05) is 29.3 Å². The predicted molar refractivity (Wildman–Crippen MR) is 151 cm³/mol. The minimum Gasteiger partial charge on any atom is -0.493 e. The van der Waals surface area contributed by atoms with E-state index in [1.807, 2.05) is 12.1 Å². The number of hydrogen-bond donors (Lipinski definition) is 1. The van der Waals surface area contributed by atoms with Gasteiger partial charge < -0.3 is 19.5 Å². The molecule has 190 valence electrons. The number of ether oxygens (including phenoxy) is 3. The number of nitriles is 1. The Labute approximate surface area is 238 Å². The van der Waals surface area contributed by atoms with Crippen LogP contribution >= 0.6 is 45.8 Å². The van der Waals surface area contributed by atoms with Crippen LogP contribution in [0, 0.1) is 14.9 Å². The van der Waals surface area contributed by atoms with Gasteiger partial charge in [0.2, 0.25) is 0 Å². The van der Waals surface area contributed by atoms with E-state index in [0.717, 1.165) is 9.13 Å². The van der Waals surface area contributed by atoms with E-state index in [0.29, 0.717) is 38.4 Å². The van der Waals surface area contributed by atoms with E-state index >= 15 is 0 Å². The Morgan fingerprint density at radius 1 is 1.08 bits per heavy atom. The summed E-state index contributed by atoms with van der Waals surface area (Å²) in [7, 11) is 1.50. The van der Waals surface area contributed by atoms with Crippen LogP contribution in [0.1, 0.15) is 28.4 Å². The fourth-order valence-electron chi connectivity index (χ4n) is 3.17. The van der Waals surface area contributed by atoms with Crippen molar-refractivity contribution in [2.45, 2.75) is 13.5 Å². The van der Waals surface area contributed by atoms with E-state index in [-0.39, 0.29) is 18.8 Å². The van der Waals surface area contributed by atoms with Gasteiger partial charge in [0, 0.05) is 5.69 Å². The van der Waals surface area contributed by atoms with Gasteiger partial charge in [-0.15, -0.1) is 0 Å². The lowest BCUT2D eigenvalue weighted by molar-refractivity contribution is -0.112. The van der Waals surface area contributed by atoms with Gasteiger partial charge >= 0.3 is 5.97 Å². The van der Waals surface area contributed by atoms with Crippen molar-refractivity contribution in [1.29, 1.82) is 5.26 Å². The van der Waals surface area contributed by atoms with Crippen LogP contribution in [0.4, 0.5) is 5.69 Å². The fraction of sp³-hybridized carbons (Fsp3) is 0.148. The molecule has 0 atom stereocenters. The maximum absolute atomic E-state index is 12.7. The van der Waals surface area contributed by atoms with Gasteiger partial charge in [-0.25, -0.2) is 4.79 Å². The average Bonchev–Trinajstić information content (AvgIpc) is 2.88. The van der Waals surface area contributed by atoms with Gasteiger partial charge in [0.25, 0.3) is 5.91 Å². The minimum atomic E-state index is -0.597. The first-order valence-corrected chi connectivity index (χ1v) is 12.7. The third-order valence-corrected chi connectivity index (χ3v) is 6.49. The molecule has 10 heteroatoms. The van der Waals surface area contributed by atoms with Crippen LogP contribution in [0.15, 0.2) is 60.2 Å². The Morgan fingerprint density at radius 3 is 2.43 bits per heavy atom. The van der Waals surface area contributed by atoms with Crippen molar-refractivity contribution in [3.63, 3.8) is 0 Å². The molecule has 0 radical (unpaired) electrons. The average molecular weight is 651 g/mol. The van der Waals surface area contributed by atoms with Gasteiger partial charge in [-0.3, -0.25) is 4.79 Å². The molecule has 0 saturated carbocycles. The molecule has 1 N–H and O–H groups in total. The zero-order valence-electron chi connectivity index (χ0n) is 19.8. The number of amides is 1. The first-order chi connectivity index (χ1) is 17.7. The van der Waals surface area contributed by atoms with Gasteiger partial charge in [0.15, 0.2) is 11.5 Å². The largest absolute Gasteiger partial charge is 0.493 e. The van der Waals surface area contributed by atoms with Crippen LogP contribution in [0.5, 0.6) is 11.5 Å². The highest BCUT2D eigenvalue weighted by molar-refractivity contribution is 14.1. The number of halogens is 3. The third kappa shape index (κ3) is 7.61. The molecular weight excluding hydrogens is 630 g/mol. The lowest BCUT2D eigenvalue weighted by atomic mass is 10.1. The van der Waals surface area contributed by atoms with Gasteiger partial charge in [0.1, 0.15) is 18.2 Å². The Bertz CT molecular complexity index is 1380. The summed E-state index contributed by atoms with van der Waals surface area (Å²) in [4.78, 5) is 24.5. The maximum atomic E-state index is 12.7. The number of carbonyl (C=O) groups excluding carboxylic acids is 2. The number of esters is 1. The summed E-state index contributed by atoms with van der Waals surface area (Å²) in [6, 6.07) is 16.8. The Balaban J connectivity index is 1.76. The van der Waals surface area contributed by atoms with Crippen molar-refractivity contribution >= 4 is 69.4 Å². The molecular formula is C27H21Cl2IN2O5. The first-order valence-electron chi connectivity index (χ1n) is 10.9. The zero-order valence-corrected chi connectivity index (χ0v) is 23.5. The van der Waals surface area contributed by atoms with E-state index in [4.69, 9.17) is 37.4 Å². The molecule has 0 aliphatic carbocycles. The summed E-state index contributed by atoms with van der Waals surface area (Å²) >= 11 is 14.1. The SMILES string of the molecule is CCOC(=O)c1ccc(NC(=O)/C(C#N)=C/c2cc(I)c(OCc3ccc(Cl)c(Cl)c3)c(OC)c2)cc1. The number of methoxy groups -OCH3 is 1. The van der Waals surface area contributed by atoms with Crippen molar-refractivity contribution in [2.24, 2.45) is 0 Å². The van der Waals surface area contributed by atoms with Crippen LogP contribution in [0.2, 0.25) is 10.0 Å². The maximum Gasteiger partial charge on any atom is 0.338 e. The fourth-order valence-corrected chi connectivity index (χ4v) is 4.27. The molecule has 7 nitrogen and oxygen atoms in total. The minimum absolute atomic E-state index is 0.114. The number of nitrogens with one attached hydrogen (secondary N) is 1. The zero-order chi connectivity index (χ0) is 26.9. The van der Waals surface area contributed by atoms with E-state index in [1.165, 1.54) is 25.3 Å². The monoisotopic (exact) mass is 650 g/mol. The first kappa shape index (κ1) is 28.3. The van der Waals surface area contributed by atoms with Crippen molar-refractivity contribution in [2.75, 3.05) is 19.0 Å². The number of nitrogens with zero attached hydrogens (tertiary/aromatic N) is 1. The summed E-state index contributed by atoms with van der Waals surface area (Å²) in [6.45, 7) is 2.22. The molecule has 0 bridgehead atoms. The number of benzene rings is 3. The highest BCUT2D eigenvalue weighted by Crippen LogP contribution is 2.35. The number of anilines is 1. The Hall–Kier alpha value is -3.26. The molecule has 3 aromatic carbocycles. The lowest BCUT2D eigenvalue weighted by Crippen LogP contribution is -2.13. The van der Waals surface area contributed by atoms with E-state index in [2.05, 4.69) is 27.9 Å². The molecule has 3 aromatic rings. The molecule has 0 saturated heterocycles. The van der Waals surface area contributed by atoms with E-state index < -0.39 is 11.9 Å². The standard InChI is InChI=1S/C27H21Cl2IN2O5/c1-3-36-27(34)18-5-7-20(8-6-18)32-26(33)19(14-31)10-17-12-23(30)25(24(13-17)35-2)37-15-16-4-9-21(28)22(29)11-16/h4-13H,3,15H2,1-2H3,(H,32,33)/b19-10+. The van der Waals surface area contributed by atoms with Crippen LogP contribution in [-0.4, -0.2) is 25.6 Å². The van der Waals surface area contributed by atoms with Crippen molar-refractivity contribution in [3.8, 4) is 17.6 Å². The van der Waals surface area contributed by atoms with Crippen LogP contribution in [0.25, 0.3) is 6.08 Å². The van der Waals surface area contributed by atoms with Gasteiger partial charge in [0.05, 0.1) is 32.9 Å². The molecule has 0 aromatic heterocycles. The molecule has 3 rings (SSSR count). The molecule has 37 heavy (non-hydrogen) atoms. The Kier molecular flexibility index (Phi) is 10.2. The summed E-state index contributed by atoms with van der Waals surface area (Å²) in [5, 5.41) is 13.1. The highest BCUT2D eigenvalue weighted by Gasteiger charge is 2.15. The second-order valence-electron chi connectivity index (χ2n) is 7.49.